The number of rotatable bonds is 27. The summed E-state index contributed by atoms with van der Waals surface area (Å²) in [5, 5.41) is 9.85. The van der Waals surface area contributed by atoms with E-state index in [2.05, 4.69) is 27.7 Å². The molecule has 33 heavy (non-hydrogen) atoms. The molecule has 0 amide bonds. The Bertz CT molecular complexity index is 315. The molecule has 0 aromatic heterocycles. The number of aliphatic hydroxyl groups is 1. The van der Waals surface area contributed by atoms with Gasteiger partial charge in [0.2, 0.25) is 0 Å². The number of hydrogen-bond donors (Lipinski definition) is 1. The molecule has 0 aliphatic rings. The summed E-state index contributed by atoms with van der Waals surface area (Å²) in [5.74, 6) is -0.118. The summed E-state index contributed by atoms with van der Waals surface area (Å²) in [6.45, 7) is 14.3. The highest BCUT2D eigenvalue weighted by Gasteiger charge is 2.18. The summed E-state index contributed by atoms with van der Waals surface area (Å²) in [7, 11) is 0. The molecule has 0 unspecified atom stereocenters. The van der Waals surface area contributed by atoms with E-state index < -0.39 is 0 Å². The van der Waals surface area contributed by atoms with Gasteiger partial charge in [-0.05, 0) is 25.7 Å². The Morgan fingerprint density at radius 3 is 1.03 bits per heavy atom. The molecule has 0 spiro atoms. The highest BCUT2D eigenvalue weighted by atomic mass is 16.6. The van der Waals surface area contributed by atoms with Crippen LogP contribution < -0.4 is 0 Å². The Balaban J connectivity index is 4.48. The van der Waals surface area contributed by atoms with Gasteiger partial charge in [-0.1, -0.05) is 53.4 Å². The zero-order valence-electron chi connectivity index (χ0n) is 22.1. The lowest BCUT2D eigenvalue weighted by atomic mass is 10.2. The van der Waals surface area contributed by atoms with Crippen molar-refractivity contribution in [1.29, 1.82) is 0 Å². The third-order valence-electron chi connectivity index (χ3n) is 5.18. The highest BCUT2D eigenvalue weighted by Crippen LogP contribution is 2.07. The maximum absolute atomic E-state index is 9.85. The summed E-state index contributed by atoms with van der Waals surface area (Å²) in [4.78, 5) is 0. The Morgan fingerprint density at radius 1 is 0.485 bits per heavy atom. The molecule has 0 aliphatic heterocycles. The maximum Gasteiger partial charge on any atom is 0.104 e. The fourth-order valence-corrected chi connectivity index (χ4v) is 2.83. The zero-order chi connectivity index (χ0) is 24.4. The number of aliphatic hydroxyl groups excluding tert-OH is 1. The molecule has 0 bridgehead atoms. The van der Waals surface area contributed by atoms with Crippen LogP contribution in [0.3, 0.4) is 0 Å². The van der Waals surface area contributed by atoms with E-state index in [1.165, 1.54) is 0 Å². The van der Waals surface area contributed by atoms with Crippen LogP contribution in [0.2, 0.25) is 0 Å². The molecular formula is C26H54O7. The van der Waals surface area contributed by atoms with Crippen molar-refractivity contribution in [2.24, 2.45) is 5.92 Å². The largest absolute Gasteiger partial charge is 0.396 e. The smallest absolute Gasteiger partial charge is 0.104 e. The molecule has 0 saturated carbocycles. The first-order valence-corrected chi connectivity index (χ1v) is 13.4. The lowest BCUT2D eigenvalue weighted by Gasteiger charge is -2.24. The minimum atomic E-state index is -0.140. The number of ether oxygens (including phenoxy) is 6. The first-order valence-electron chi connectivity index (χ1n) is 13.4. The predicted octanol–water partition coefficient (Wildman–Crippen LogP) is 4.63. The molecule has 7 heteroatoms. The van der Waals surface area contributed by atoms with Crippen molar-refractivity contribution in [1.82, 2.24) is 0 Å². The van der Waals surface area contributed by atoms with Gasteiger partial charge in [0.05, 0.1) is 46.2 Å². The fourth-order valence-electron chi connectivity index (χ4n) is 2.83. The molecule has 1 N–H and O–H groups in total. The summed E-state index contributed by atoms with van der Waals surface area (Å²) < 4.78 is 35.1. The van der Waals surface area contributed by atoms with Crippen molar-refractivity contribution < 1.29 is 33.5 Å². The molecule has 0 fully saturated rings. The van der Waals surface area contributed by atoms with Gasteiger partial charge in [-0.2, -0.15) is 0 Å². The average Bonchev–Trinajstić information content (AvgIpc) is 2.83. The molecule has 0 rings (SSSR count). The third kappa shape index (κ3) is 22.0. The summed E-state index contributed by atoms with van der Waals surface area (Å²) >= 11 is 0. The van der Waals surface area contributed by atoms with Gasteiger partial charge in [-0.3, -0.25) is 0 Å². The van der Waals surface area contributed by atoms with Crippen LogP contribution in [0.15, 0.2) is 0 Å². The van der Waals surface area contributed by atoms with Crippen LogP contribution in [0.4, 0.5) is 0 Å². The van der Waals surface area contributed by atoms with E-state index >= 15 is 0 Å². The minimum absolute atomic E-state index is 0.000206. The van der Waals surface area contributed by atoms with E-state index in [0.29, 0.717) is 39.6 Å². The first kappa shape index (κ1) is 32.7. The Labute approximate surface area is 203 Å². The maximum atomic E-state index is 9.85. The normalized spacial score (nSPS) is 12.0. The van der Waals surface area contributed by atoms with Gasteiger partial charge in [-0.15, -0.1) is 0 Å². The Kier molecular flexibility index (Phi) is 26.1. The van der Waals surface area contributed by atoms with Crippen LogP contribution >= 0.6 is 0 Å². The topological polar surface area (TPSA) is 75.6 Å². The Morgan fingerprint density at radius 2 is 0.788 bits per heavy atom. The van der Waals surface area contributed by atoms with Gasteiger partial charge in [-0.25, -0.2) is 0 Å². The summed E-state index contributed by atoms with van der Waals surface area (Å²) in [5.41, 5.74) is 0. The quantitative estimate of drug-likeness (QED) is 0.172. The van der Waals surface area contributed by atoms with Gasteiger partial charge >= 0.3 is 0 Å². The highest BCUT2D eigenvalue weighted by molar-refractivity contribution is 4.63. The Hall–Kier alpha value is -0.280. The standard InChI is InChI=1S/C26H54O7/c1-5-9-13-28-20-25(21-29-14-10-6-2)32-18-24(17-27)19-33-26(22-30-15-11-7-3)23-31-16-12-8-4/h24-27H,5-23H2,1-4H3. The molecule has 0 heterocycles. The minimum Gasteiger partial charge on any atom is -0.396 e. The molecule has 0 radical (unpaired) electrons. The van der Waals surface area contributed by atoms with Crippen molar-refractivity contribution in [2.45, 2.75) is 91.3 Å². The van der Waals surface area contributed by atoms with E-state index in [4.69, 9.17) is 28.4 Å². The number of hydrogen-bond acceptors (Lipinski definition) is 7. The molecule has 7 nitrogen and oxygen atoms in total. The van der Waals surface area contributed by atoms with Crippen LogP contribution in [0.25, 0.3) is 0 Å². The molecule has 0 saturated heterocycles. The van der Waals surface area contributed by atoms with Gasteiger partial charge in [0.1, 0.15) is 12.2 Å². The lowest BCUT2D eigenvalue weighted by Crippen LogP contribution is -2.33. The predicted molar refractivity (Wildman–Crippen MR) is 133 cm³/mol. The molecule has 0 aromatic rings. The third-order valence-corrected chi connectivity index (χ3v) is 5.18. The van der Waals surface area contributed by atoms with Crippen molar-refractivity contribution in [2.75, 3.05) is 72.7 Å². The van der Waals surface area contributed by atoms with Crippen molar-refractivity contribution >= 4 is 0 Å². The van der Waals surface area contributed by atoms with Crippen molar-refractivity contribution in [3.8, 4) is 0 Å². The van der Waals surface area contributed by atoms with E-state index in [9.17, 15) is 5.11 Å². The zero-order valence-corrected chi connectivity index (χ0v) is 22.1. The second-order valence-corrected chi connectivity index (χ2v) is 8.67. The van der Waals surface area contributed by atoms with Gasteiger partial charge < -0.3 is 33.5 Å². The summed E-state index contributed by atoms with van der Waals surface area (Å²) in [6.07, 6.45) is 8.30. The van der Waals surface area contributed by atoms with E-state index in [-0.39, 0.29) is 24.7 Å². The van der Waals surface area contributed by atoms with Crippen molar-refractivity contribution in [3.63, 3.8) is 0 Å². The van der Waals surface area contributed by atoms with Gasteiger partial charge in [0.15, 0.2) is 0 Å². The first-order chi connectivity index (χ1) is 16.2. The van der Waals surface area contributed by atoms with Crippen LogP contribution in [0, 0.1) is 5.92 Å². The second kappa shape index (κ2) is 26.3. The average molecular weight is 479 g/mol. The monoisotopic (exact) mass is 478 g/mol. The molecule has 0 aromatic carbocycles. The van der Waals surface area contributed by atoms with Crippen LogP contribution in [0.1, 0.15) is 79.1 Å². The summed E-state index contributed by atoms with van der Waals surface area (Å²) in [6, 6.07) is 0. The van der Waals surface area contributed by atoms with Gasteiger partial charge in [0, 0.05) is 32.3 Å². The molecule has 0 aliphatic carbocycles. The van der Waals surface area contributed by atoms with E-state index in [1.807, 2.05) is 0 Å². The van der Waals surface area contributed by atoms with Crippen LogP contribution in [-0.2, 0) is 28.4 Å². The molecule has 0 atom stereocenters. The van der Waals surface area contributed by atoms with E-state index in [0.717, 1.165) is 77.8 Å². The second-order valence-electron chi connectivity index (χ2n) is 8.67. The van der Waals surface area contributed by atoms with Gasteiger partial charge in [0.25, 0.3) is 0 Å². The van der Waals surface area contributed by atoms with Crippen molar-refractivity contribution in [3.05, 3.63) is 0 Å². The number of unbranched alkanes of at least 4 members (excludes halogenated alkanes) is 4. The van der Waals surface area contributed by atoms with Crippen LogP contribution in [-0.4, -0.2) is 90.0 Å². The fraction of sp³-hybridized carbons (Fsp3) is 1.00. The van der Waals surface area contributed by atoms with Crippen LogP contribution in [0.5, 0.6) is 0 Å². The SMILES string of the molecule is CCCCOCC(COCCCC)OCC(CO)COC(COCCCC)COCCCC. The lowest BCUT2D eigenvalue weighted by molar-refractivity contribution is -0.102. The van der Waals surface area contributed by atoms with E-state index in [1.54, 1.807) is 0 Å². The molecule has 200 valence electrons. The molecular weight excluding hydrogens is 424 g/mol.